The zero-order valence-corrected chi connectivity index (χ0v) is 23.9. The quantitative estimate of drug-likeness (QED) is 0.345. The van der Waals surface area contributed by atoms with E-state index in [4.69, 9.17) is 23.2 Å². The number of nitrogens with one attached hydrogen (secondary N) is 1. The highest BCUT2D eigenvalue weighted by atomic mass is 35.5. The molecule has 0 aromatic heterocycles. The number of carbonyl (C=O) groups excluding carboxylic acids is 2. The number of likely N-dealkylation sites (N-methyl/N-ethyl adjacent to an activating group) is 1. The maximum absolute atomic E-state index is 13.8. The van der Waals surface area contributed by atoms with Gasteiger partial charge in [0.25, 0.3) is 10.0 Å². The molecule has 3 aromatic rings. The number of benzene rings is 3. The fourth-order valence-corrected chi connectivity index (χ4v) is 5.77. The maximum atomic E-state index is 13.8. The number of amides is 2. The summed E-state index contributed by atoms with van der Waals surface area (Å²) in [7, 11) is -2.66. The Morgan fingerprint density at radius 3 is 2.18 bits per heavy atom. The van der Waals surface area contributed by atoms with Crippen LogP contribution in [0, 0.1) is 6.92 Å². The summed E-state index contributed by atoms with van der Waals surface area (Å²) < 4.78 is 28.6. The molecule has 0 heterocycles. The van der Waals surface area contributed by atoms with Crippen molar-refractivity contribution in [3.63, 3.8) is 0 Å². The summed E-state index contributed by atoms with van der Waals surface area (Å²) >= 11 is 12.3. The molecule has 0 aliphatic heterocycles. The Morgan fingerprint density at radius 2 is 1.61 bits per heavy atom. The highest BCUT2D eigenvalue weighted by molar-refractivity contribution is 7.92. The Balaban J connectivity index is 2.03. The van der Waals surface area contributed by atoms with E-state index in [9.17, 15) is 18.0 Å². The topological polar surface area (TPSA) is 86.8 Å². The molecule has 0 saturated carbocycles. The van der Waals surface area contributed by atoms with Gasteiger partial charge < -0.3 is 10.2 Å². The monoisotopic (exact) mass is 575 g/mol. The first kappa shape index (κ1) is 29.5. The van der Waals surface area contributed by atoms with Gasteiger partial charge in [-0.15, -0.1) is 0 Å². The smallest absolute Gasteiger partial charge is 0.264 e. The molecule has 10 heteroatoms. The van der Waals surface area contributed by atoms with Gasteiger partial charge in [0.05, 0.1) is 20.6 Å². The minimum atomic E-state index is -4.17. The number of rotatable bonds is 11. The van der Waals surface area contributed by atoms with E-state index in [0.717, 1.165) is 15.4 Å². The Hall–Kier alpha value is -3.07. The molecule has 2 amide bonds. The molecule has 0 aliphatic carbocycles. The number of halogens is 2. The van der Waals surface area contributed by atoms with Crippen LogP contribution in [0.3, 0.4) is 0 Å². The zero-order valence-electron chi connectivity index (χ0n) is 21.5. The van der Waals surface area contributed by atoms with Crippen LogP contribution in [0.25, 0.3) is 0 Å². The van der Waals surface area contributed by atoms with E-state index in [1.807, 2.05) is 44.2 Å². The first-order valence-electron chi connectivity index (χ1n) is 12.2. The van der Waals surface area contributed by atoms with Crippen molar-refractivity contribution in [1.82, 2.24) is 10.2 Å². The first-order valence-corrected chi connectivity index (χ1v) is 14.4. The fourth-order valence-electron chi connectivity index (χ4n) is 4.07. The summed E-state index contributed by atoms with van der Waals surface area (Å²) in [5.41, 5.74) is 2.07. The van der Waals surface area contributed by atoms with E-state index < -0.39 is 28.5 Å². The molecule has 0 bridgehead atoms. The summed E-state index contributed by atoms with van der Waals surface area (Å²) in [5.74, 6) is -0.838. The van der Waals surface area contributed by atoms with Crippen molar-refractivity contribution in [3.05, 3.63) is 94.0 Å². The lowest BCUT2D eigenvalue weighted by molar-refractivity contribution is -0.139. The molecule has 3 rings (SSSR count). The number of sulfonamides is 1. The average Bonchev–Trinajstić information content (AvgIpc) is 2.91. The molecular weight excluding hydrogens is 545 g/mol. The summed E-state index contributed by atoms with van der Waals surface area (Å²) in [6, 6.07) is 19.6. The first-order chi connectivity index (χ1) is 18.1. The fraction of sp³-hybridized carbons (Fsp3) is 0.286. The van der Waals surface area contributed by atoms with E-state index in [2.05, 4.69) is 5.32 Å². The third kappa shape index (κ3) is 7.07. The van der Waals surface area contributed by atoms with Gasteiger partial charge in [0.1, 0.15) is 12.6 Å². The van der Waals surface area contributed by atoms with Crippen LogP contribution in [-0.2, 0) is 26.0 Å². The molecule has 1 atom stereocenters. The highest BCUT2D eigenvalue weighted by Crippen LogP contribution is 2.31. The van der Waals surface area contributed by atoms with E-state index in [1.165, 1.54) is 42.3 Å². The van der Waals surface area contributed by atoms with Crippen molar-refractivity contribution in [1.29, 1.82) is 0 Å². The number of aryl methyl sites for hydroxylation is 1. The van der Waals surface area contributed by atoms with Crippen molar-refractivity contribution >= 4 is 50.7 Å². The molecule has 3 aromatic carbocycles. The SMILES string of the molecule is CC[C@@H](C(=O)NC)N(CCc1ccccc1)C(=O)CN(c1ccc(Cl)c(Cl)c1)S(=O)(=O)c1ccc(C)cc1. The molecular formula is C28H31Cl2N3O4S. The van der Waals surface area contributed by atoms with Gasteiger partial charge in [-0.05, 0) is 55.7 Å². The second kappa shape index (κ2) is 13.1. The van der Waals surface area contributed by atoms with Crippen LogP contribution >= 0.6 is 23.2 Å². The van der Waals surface area contributed by atoms with Crippen LogP contribution in [0.5, 0.6) is 0 Å². The van der Waals surface area contributed by atoms with Gasteiger partial charge in [0.2, 0.25) is 11.8 Å². The Bertz CT molecular complexity index is 1370. The summed E-state index contributed by atoms with van der Waals surface area (Å²) in [6.45, 7) is 3.36. The average molecular weight is 577 g/mol. The second-order valence-corrected chi connectivity index (χ2v) is 11.5. The normalized spacial score (nSPS) is 12.0. The van der Waals surface area contributed by atoms with Crippen LogP contribution in [0.15, 0.2) is 77.7 Å². The number of carbonyl (C=O) groups is 2. The molecule has 0 fully saturated rings. The van der Waals surface area contributed by atoms with Gasteiger partial charge in [-0.3, -0.25) is 13.9 Å². The second-order valence-electron chi connectivity index (χ2n) is 8.78. The number of hydrogen-bond acceptors (Lipinski definition) is 4. The maximum Gasteiger partial charge on any atom is 0.264 e. The van der Waals surface area contributed by atoms with Crippen LogP contribution in [-0.4, -0.2) is 51.3 Å². The van der Waals surface area contributed by atoms with Crippen LogP contribution in [0.1, 0.15) is 24.5 Å². The molecule has 38 heavy (non-hydrogen) atoms. The Kier molecular flexibility index (Phi) is 10.2. The van der Waals surface area contributed by atoms with Gasteiger partial charge in [-0.25, -0.2) is 8.42 Å². The molecule has 1 N–H and O–H groups in total. The number of anilines is 1. The van der Waals surface area contributed by atoms with E-state index in [-0.39, 0.29) is 33.1 Å². The standard InChI is InChI=1S/C28H31Cl2N3O4S/c1-4-26(28(35)31-3)32(17-16-21-8-6-5-7-9-21)27(34)19-33(22-12-15-24(29)25(30)18-22)38(36,37)23-13-10-20(2)11-14-23/h5-15,18,26H,4,16-17,19H2,1-3H3,(H,31,35)/t26-/m0/s1. The van der Waals surface area contributed by atoms with Crippen LogP contribution < -0.4 is 9.62 Å². The minimum Gasteiger partial charge on any atom is -0.357 e. The summed E-state index contributed by atoms with van der Waals surface area (Å²) in [5, 5.41) is 3.02. The third-order valence-corrected chi connectivity index (χ3v) is 8.72. The van der Waals surface area contributed by atoms with Crippen molar-refractivity contribution in [2.24, 2.45) is 0 Å². The lowest BCUT2D eigenvalue weighted by Gasteiger charge is -2.33. The van der Waals surface area contributed by atoms with Gasteiger partial charge in [0, 0.05) is 13.6 Å². The Labute approximate surface area is 234 Å². The highest BCUT2D eigenvalue weighted by Gasteiger charge is 2.33. The van der Waals surface area contributed by atoms with E-state index >= 15 is 0 Å². The van der Waals surface area contributed by atoms with Gasteiger partial charge in [-0.2, -0.15) is 0 Å². The predicted octanol–water partition coefficient (Wildman–Crippen LogP) is 5.09. The number of hydrogen-bond donors (Lipinski definition) is 1. The van der Waals surface area contributed by atoms with E-state index in [0.29, 0.717) is 12.8 Å². The van der Waals surface area contributed by atoms with Crippen LogP contribution in [0.2, 0.25) is 10.0 Å². The molecule has 7 nitrogen and oxygen atoms in total. The van der Waals surface area contributed by atoms with Crippen molar-refractivity contribution < 1.29 is 18.0 Å². The van der Waals surface area contributed by atoms with Crippen molar-refractivity contribution in [2.75, 3.05) is 24.4 Å². The zero-order chi connectivity index (χ0) is 27.9. The lowest BCUT2D eigenvalue weighted by Crippen LogP contribution is -2.52. The van der Waals surface area contributed by atoms with Gasteiger partial charge >= 0.3 is 0 Å². The lowest BCUT2D eigenvalue weighted by atomic mass is 10.1. The van der Waals surface area contributed by atoms with Gasteiger partial charge in [-0.1, -0.05) is 78.2 Å². The van der Waals surface area contributed by atoms with E-state index in [1.54, 1.807) is 12.1 Å². The molecule has 0 spiro atoms. The number of nitrogens with zero attached hydrogens (tertiary/aromatic N) is 2. The predicted molar refractivity (Wildman–Crippen MR) is 152 cm³/mol. The van der Waals surface area contributed by atoms with Crippen molar-refractivity contribution in [2.45, 2.75) is 37.6 Å². The molecule has 0 aliphatic rings. The minimum absolute atomic E-state index is 0.0242. The molecule has 202 valence electrons. The molecule has 0 saturated heterocycles. The largest absolute Gasteiger partial charge is 0.357 e. The molecule has 0 radical (unpaired) electrons. The summed E-state index contributed by atoms with van der Waals surface area (Å²) in [4.78, 5) is 28.0. The molecule has 0 unspecified atom stereocenters. The van der Waals surface area contributed by atoms with Gasteiger partial charge in [0.15, 0.2) is 0 Å². The van der Waals surface area contributed by atoms with Crippen LogP contribution in [0.4, 0.5) is 5.69 Å². The third-order valence-electron chi connectivity index (χ3n) is 6.20. The van der Waals surface area contributed by atoms with Crippen molar-refractivity contribution in [3.8, 4) is 0 Å². The Morgan fingerprint density at radius 1 is 0.947 bits per heavy atom. The summed E-state index contributed by atoms with van der Waals surface area (Å²) in [6.07, 6.45) is 0.856.